The van der Waals surface area contributed by atoms with Gasteiger partial charge in [0.2, 0.25) is 5.91 Å². The normalized spacial score (nSPS) is 21.6. The van der Waals surface area contributed by atoms with Crippen molar-refractivity contribution in [2.45, 2.75) is 51.0 Å². The van der Waals surface area contributed by atoms with Gasteiger partial charge in [0, 0.05) is 43.5 Å². The predicted molar refractivity (Wildman–Crippen MR) is 96.1 cm³/mol. The first-order chi connectivity index (χ1) is 12.3. The number of amides is 1. The number of aromatic nitrogens is 3. The minimum Gasteiger partial charge on any atom is -0.342 e. The van der Waals surface area contributed by atoms with Crippen molar-refractivity contribution in [1.82, 2.24) is 19.4 Å². The summed E-state index contributed by atoms with van der Waals surface area (Å²) < 4.78 is 2.19. The van der Waals surface area contributed by atoms with Crippen LogP contribution in [0.5, 0.6) is 0 Å². The maximum absolute atomic E-state index is 12.8. The minimum atomic E-state index is 0.270. The van der Waals surface area contributed by atoms with Gasteiger partial charge in [-0.15, -0.1) is 0 Å². The number of imidazole rings is 1. The van der Waals surface area contributed by atoms with Gasteiger partial charge in [0.15, 0.2) is 0 Å². The molecule has 0 radical (unpaired) electrons. The number of hydrogen-bond acceptors (Lipinski definition) is 3. The summed E-state index contributed by atoms with van der Waals surface area (Å²) in [4.78, 5) is 23.9. The van der Waals surface area contributed by atoms with Gasteiger partial charge in [-0.1, -0.05) is 18.9 Å². The summed E-state index contributed by atoms with van der Waals surface area (Å²) in [5.74, 6) is 2.07. The Labute approximate surface area is 149 Å². The van der Waals surface area contributed by atoms with Crippen LogP contribution < -0.4 is 0 Å². The molecule has 2 aromatic heterocycles. The Kier molecular flexibility index (Phi) is 4.81. The van der Waals surface area contributed by atoms with Crippen LogP contribution in [-0.2, 0) is 11.3 Å². The molecule has 0 bridgehead atoms. The molecule has 1 atom stereocenters. The SMILES string of the molecule is O=C(C1CCCC1)N1CCC[C@H](c2nccn2Cc2ccccn2)C1. The molecule has 132 valence electrons. The van der Waals surface area contributed by atoms with Crippen molar-refractivity contribution in [3.05, 3.63) is 48.3 Å². The van der Waals surface area contributed by atoms with Crippen LogP contribution in [0.4, 0.5) is 0 Å². The van der Waals surface area contributed by atoms with E-state index < -0.39 is 0 Å². The zero-order chi connectivity index (χ0) is 17.1. The number of likely N-dealkylation sites (tertiary alicyclic amines) is 1. The Morgan fingerprint density at radius 2 is 1.96 bits per heavy atom. The van der Waals surface area contributed by atoms with Crippen molar-refractivity contribution in [1.29, 1.82) is 0 Å². The fourth-order valence-corrected chi connectivity index (χ4v) is 4.30. The van der Waals surface area contributed by atoms with E-state index in [1.165, 1.54) is 12.8 Å². The van der Waals surface area contributed by atoms with Gasteiger partial charge in [-0.25, -0.2) is 4.98 Å². The zero-order valence-corrected chi connectivity index (χ0v) is 14.7. The molecule has 2 aliphatic rings. The Bertz CT molecular complexity index is 705. The van der Waals surface area contributed by atoms with Crippen LogP contribution in [0.2, 0.25) is 0 Å². The molecule has 2 fully saturated rings. The lowest BCUT2D eigenvalue weighted by Gasteiger charge is -2.34. The number of rotatable bonds is 4. The molecule has 1 saturated heterocycles. The van der Waals surface area contributed by atoms with Crippen molar-refractivity contribution in [3.63, 3.8) is 0 Å². The van der Waals surface area contributed by atoms with Crippen LogP contribution in [-0.4, -0.2) is 38.4 Å². The molecule has 1 saturated carbocycles. The topological polar surface area (TPSA) is 51.0 Å². The molecule has 0 spiro atoms. The van der Waals surface area contributed by atoms with E-state index in [1.54, 1.807) is 0 Å². The number of carbonyl (C=O) groups is 1. The van der Waals surface area contributed by atoms with Crippen LogP contribution in [0.15, 0.2) is 36.8 Å². The predicted octanol–water partition coefficient (Wildman–Crippen LogP) is 3.22. The van der Waals surface area contributed by atoms with E-state index in [0.29, 0.717) is 11.8 Å². The first kappa shape index (κ1) is 16.3. The maximum Gasteiger partial charge on any atom is 0.225 e. The third-order valence-corrected chi connectivity index (χ3v) is 5.61. The molecular weight excluding hydrogens is 312 g/mol. The summed E-state index contributed by atoms with van der Waals surface area (Å²) in [5.41, 5.74) is 1.04. The van der Waals surface area contributed by atoms with Crippen LogP contribution >= 0.6 is 0 Å². The van der Waals surface area contributed by atoms with E-state index in [-0.39, 0.29) is 5.92 Å². The summed E-state index contributed by atoms with van der Waals surface area (Å²) in [6, 6.07) is 5.99. The monoisotopic (exact) mass is 338 g/mol. The van der Waals surface area contributed by atoms with Gasteiger partial charge in [0.05, 0.1) is 12.2 Å². The fourth-order valence-electron chi connectivity index (χ4n) is 4.30. The van der Waals surface area contributed by atoms with Gasteiger partial charge in [-0.2, -0.15) is 0 Å². The molecule has 1 aliphatic heterocycles. The number of hydrogen-bond donors (Lipinski definition) is 0. The third kappa shape index (κ3) is 3.60. The maximum atomic E-state index is 12.8. The highest BCUT2D eigenvalue weighted by Gasteiger charge is 2.32. The largest absolute Gasteiger partial charge is 0.342 e. The number of nitrogens with zero attached hydrogens (tertiary/aromatic N) is 4. The van der Waals surface area contributed by atoms with Gasteiger partial charge in [-0.3, -0.25) is 9.78 Å². The summed E-state index contributed by atoms with van der Waals surface area (Å²) in [7, 11) is 0. The Morgan fingerprint density at radius 3 is 2.76 bits per heavy atom. The van der Waals surface area contributed by atoms with Gasteiger partial charge in [-0.05, 0) is 37.8 Å². The van der Waals surface area contributed by atoms with E-state index in [4.69, 9.17) is 0 Å². The summed E-state index contributed by atoms with van der Waals surface area (Å²) in [6.07, 6.45) is 12.5. The molecular formula is C20H26N4O. The summed E-state index contributed by atoms with van der Waals surface area (Å²) in [5, 5.41) is 0. The van der Waals surface area contributed by atoms with Crippen molar-refractivity contribution < 1.29 is 4.79 Å². The first-order valence-electron chi connectivity index (χ1n) is 9.51. The summed E-state index contributed by atoms with van der Waals surface area (Å²) in [6.45, 7) is 2.46. The fraction of sp³-hybridized carbons (Fsp3) is 0.550. The molecule has 4 rings (SSSR count). The highest BCUT2D eigenvalue weighted by atomic mass is 16.2. The van der Waals surface area contributed by atoms with E-state index in [2.05, 4.69) is 19.4 Å². The van der Waals surface area contributed by atoms with Gasteiger partial charge in [0.1, 0.15) is 5.82 Å². The Hall–Kier alpha value is -2.17. The quantitative estimate of drug-likeness (QED) is 0.860. The zero-order valence-electron chi connectivity index (χ0n) is 14.7. The smallest absolute Gasteiger partial charge is 0.225 e. The lowest BCUT2D eigenvalue weighted by atomic mass is 9.95. The second kappa shape index (κ2) is 7.38. The second-order valence-corrected chi connectivity index (χ2v) is 7.34. The number of pyridine rings is 1. The lowest BCUT2D eigenvalue weighted by Crippen LogP contribution is -2.42. The van der Waals surface area contributed by atoms with Gasteiger partial charge < -0.3 is 9.47 Å². The van der Waals surface area contributed by atoms with E-state index >= 15 is 0 Å². The average Bonchev–Trinajstić information content (AvgIpc) is 3.34. The third-order valence-electron chi connectivity index (χ3n) is 5.61. The Morgan fingerprint density at radius 1 is 1.08 bits per heavy atom. The molecule has 5 heteroatoms. The van der Waals surface area contributed by atoms with Gasteiger partial charge >= 0.3 is 0 Å². The second-order valence-electron chi connectivity index (χ2n) is 7.34. The van der Waals surface area contributed by atoms with Crippen LogP contribution in [0.3, 0.4) is 0 Å². The van der Waals surface area contributed by atoms with Gasteiger partial charge in [0.25, 0.3) is 0 Å². The van der Waals surface area contributed by atoms with E-state index in [9.17, 15) is 4.79 Å². The molecule has 0 aromatic carbocycles. The molecule has 5 nitrogen and oxygen atoms in total. The lowest BCUT2D eigenvalue weighted by molar-refractivity contribution is -0.136. The van der Waals surface area contributed by atoms with Crippen molar-refractivity contribution >= 4 is 5.91 Å². The van der Waals surface area contributed by atoms with Crippen LogP contribution in [0.25, 0.3) is 0 Å². The number of carbonyl (C=O) groups excluding carboxylic acids is 1. The van der Waals surface area contributed by atoms with E-state index in [1.807, 2.05) is 36.8 Å². The molecule has 3 heterocycles. The Balaban J connectivity index is 1.46. The van der Waals surface area contributed by atoms with Crippen LogP contribution in [0.1, 0.15) is 56.0 Å². The molecule has 0 N–H and O–H groups in total. The molecule has 25 heavy (non-hydrogen) atoms. The standard InChI is InChI=1S/C20H26N4O/c25-20(16-6-1-2-7-16)24-12-5-8-17(14-24)19-22-11-13-23(19)15-18-9-3-4-10-21-18/h3-4,9-11,13,16-17H,1-2,5-8,12,14-15H2/t17-/m0/s1. The minimum absolute atomic E-state index is 0.270. The average molecular weight is 338 g/mol. The molecule has 0 unspecified atom stereocenters. The summed E-state index contributed by atoms with van der Waals surface area (Å²) >= 11 is 0. The van der Waals surface area contributed by atoms with E-state index in [0.717, 1.165) is 56.8 Å². The number of piperidine rings is 1. The van der Waals surface area contributed by atoms with Crippen molar-refractivity contribution in [2.75, 3.05) is 13.1 Å². The van der Waals surface area contributed by atoms with Crippen LogP contribution in [0, 0.1) is 5.92 Å². The highest BCUT2D eigenvalue weighted by molar-refractivity contribution is 5.79. The molecule has 2 aromatic rings. The highest BCUT2D eigenvalue weighted by Crippen LogP contribution is 2.31. The first-order valence-corrected chi connectivity index (χ1v) is 9.51. The van der Waals surface area contributed by atoms with Crippen molar-refractivity contribution in [2.24, 2.45) is 5.92 Å². The molecule has 1 aliphatic carbocycles. The van der Waals surface area contributed by atoms with Crippen molar-refractivity contribution in [3.8, 4) is 0 Å². The molecule has 1 amide bonds.